The maximum atomic E-state index is 12.2. The number of aromatic nitrogens is 1. The van der Waals surface area contributed by atoms with Crippen LogP contribution in [0.15, 0.2) is 23.0 Å². The summed E-state index contributed by atoms with van der Waals surface area (Å²) in [6.45, 7) is 0.513. The molecule has 0 atom stereocenters. The highest BCUT2D eigenvalue weighted by atomic mass is 32.1. The average molecular weight is 322 g/mol. The number of hydrogen-bond acceptors (Lipinski definition) is 6. The normalized spacial score (nSPS) is 10.1. The predicted octanol–water partition coefficient (Wildman–Crippen LogP) is 2.14. The molecule has 7 heteroatoms. The molecule has 1 N–H and O–H groups in total. The lowest BCUT2D eigenvalue weighted by atomic mass is 10.1. The lowest BCUT2D eigenvalue weighted by Crippen LogP contribution is -2.25. The summed E-state index contributed by atoms with van der Waals surface area (Å²) in [6.07, 6.45) is 0.694. The van der Waals surface area contributed by atoms with E-state index in [9.17, 15) is 4.79 Å². The molecular formula is C15H18N2O4S. The lowest BCUT2D eigenvalue weighted by molar-refractivity contribution is 0.0953. The Morgan fingerprint density at radius 3 is 2.36 bits per heavy atom. The Balaban J connectivity index is 2.08. The quantitative estimate of drug-likeness (QED) is 0.846. The van der Waals surface area contributed by atoms with Crippen molar-refractivity contribution in [2.45, 2.75) is 6.42 Å². The van der Waals surface area contributed by atoms with Crippen LogP contribution in [0.5, 0.6) is 17.2 Å². The zero-order valence-electron chi connectivity index (χ0n) is 12.7. The fourth-order valence-electron chi connectivity index (χ4n) is 1.98. The van der Waals surface area contributed by atoms with Gasteiger partial charge in [-0.3, -0.25) is 4.79 Å². The molecule has 0 spiro atoms. The van der Waals surface area contributed by atoms with E-state index in [4.69, 9.17) is 14.2 Å². The van der Waals surface area contributed by atoms with E-state index in [0.717, 1.165) is 5.69 Å². The van der Waals surface area contributed by atoms with Crippen LogP contribution in [0.4, 0.5) is 0 Å². The molecule has 0 aliphatic rings. The van der Waals surface area contributed by atoms with E-state index in [2.05, 4.69) is 10.3 Å². The molecule has 2 rings (SSSR count). The first-order chi connectivity index (χ1) is 10.7. The van der Waals surface area contributed by atoms with Crippen molar-refractivity contribution < 1.29 is 19.0 Å². The van der Waals surface area contributed by atoms with E-state index in [1.807, 2.05) is 5.38 Å². The SMILES string of the molecule is COc1cc(C(=O)NCCc2cscn2)cc(OC)c1OC. The number of hydrogen-bond donors (Lipinski definition) is 1. The van der Waals surface area contributed by atoms with Gasteiger partial charge in [0.25, 0.3) is 5.91 Å². The van der Waals surface area contributed by atoms with Gasteiger partial charge in [0, 0.05) is 23.9 Å². The van der Waals surface area contributed by atoms with E-state index in [1.54, 1.807) is 17.6 Å². The largest absolute Gasteiger partial charge is 0.493 e. The minimum atomic E-state index is -0.200. The summed E-state index contributed by atoms with van der Waals surface area (Å²) < 4.78 is 15.7. The van der Waals surface area contributed by atoms with Crippen molar-refractivity contribution in [1.82, 2.24) is 10.3 Å². The first-order valence-corrected chi connectivity index (χ1v) is 7.59. The highest BCUT2D eigenvalue weighted by Crippen LogP contribution is 2.38. The van der Waals surface area contributed by atoms with Crippen LogP contribution >= 0.6 is 11.3 Å². The second kappa shape index (κ2) is 7.65. The van der Waals surface area contributed by atoms with Crippen molar-refractivity contribution in [3.8, 4) is 17.2 Å². The summed E-state index contributed by atoms with van der Waals surface area (Å²) in [6, 6.07) is 3.25. The van der Waals surface area contributed by atoms with Crippen molar-refractivity contribution in [2.75, 3.05) is 27.9 Å². The summed E-state index contributed by atoms with van der Waals surface area (Å²) in [7, 11) is 4.55. The third-order valence-corrected chi connectivity index (χ3v) is 3.71. The number of nitrogens with zero attached hydrogens (tertiary/aromatic N) is 1. The Hall–Kier alpha value is -2.28. The summed E-state index contributed by atoms with van der Waals surface area (Å²) in [4.78, 5) is 16.4. The summed E-state index contributed by atoms with van der Waals surface area (Å²) in [5.74, 6) is 1.16. The molecule has 118 valence electrons. The van der Waals surface area contributed by atoms with Gasteiger partial charge in [-0.05, 0) is 12.1 Å². The number of amides is 1. The number of thiazole rings is 1. The molecule has 0 radical (unpaired) electrons. The van der Waals surface area contributed by atoms with Crippen LogP contribution in [0, 0.1) is 0 Å². The van der Waals surface area contributed by atoms with Crippen LogP contribution in [0.2, 0.25) is 0 Å². The van der Waals surface area contributed by atoms with E-state index in [0.29, 0.717) is 35.8 Å². The Morgan fingerprint density at radius 2 is 1.86 bits per heavy atom. The van der Waals surface area contributed by atoms with Crippen LogP contribution in [-0.4, -0.2) is 38.8 Å². The van der Waals surface area contributed by atoms with Gasteiger partial charge in [-0.15, -0.1) is 11.3 Å². The van der Waals surface area contributed by atoms with E-state index in [1.165, 1.54) is 32.7 Å². The van der Waals surface area contributed by atoms with Gasteiger partial charge in [0.1, 0.15) is 0 Å². The molecule has 0 aliphatic heterocycles. The molecule has 6 nitrogen and oxygen atoms in total. The van der Waals surface area contributed by atoms with Gasteiger partial charge in [0.15, 0.2) is 11.5 Å². The van der Waals surface area contributed by atoms with Gasteiger partial charge < -0.3 is 19.5 Å². The number of nitrogens with one attached hydrogen (secondary N) is 1. The molecule has 1 aromatic heterocycles. The van der Waals surface area contributed by atoms with Crippen LogP contribution in [0.3, 0.4) is 0 Å². The second-order valence-corrected chi connectivity index (χ2v) is 5.12. The zero-order valence-corrected chi connectivity index (χ0v) is 13.5. The molecule has 1 amide bonds. The van der Waals surface area contributed by atoms with E-state index >= 15 is 0 Å². The molecule has 1 heterocycles. The first kappa shape index (κ1) is 16.1. The zero-order chi connectivity index (χ0) is 15.9. The second-order valence-electron chi connectivity index (χ2n) is 4.40. The van der Waals surface area contributed by atoms with Crippen LogP contribution in [0.1, 0.15) is 16.1 Å². The van der Waals surface area contributed by atoms with Crippen molar-refractivity contribution in [1.29, 1.82) is 0 Å². The molecule has 0 saturated carbocycles. The highest BCUT2D eigenvalue weighted by Gasteiger charge is 2.16. The fourth-order valence-corrected chi connectivity index (χ4v) is 2.57. The average Bonchev–Trinajstić information content (AvgIpc) is 3.06. The van der Waals surface area contributed by atoms with Gasteiger partial charge in [-0.2, -0.15) is 0 Å². The number of carbonyl (C=O) groups excluding carboxylic acids is 1. The molecule has 2 aromatic rings. The maximum absolute atomic E-state index is 12.2. The predicted molar refractivity (Wildman–Crippen MR) is 84.2 cm³/mol. The molecule has 1 aromatic carbocycles. The van der Waals surface area contributed by atoms with Crippen molar-refractivity contribution in [3.63, 3.8) is 0 Å². The summed E-state index contributed by atoms with van der Waals surface area (Å²) >= 11 is 1.54. The monoisotopic (exact) mass is 322 g/mol. The molecular weight excluding hydrogens is 304 g/mol. The number of rotatable bonds is 7. The third-order valence-electron chi connectivity index (χ3n) is 3.08. The Bertz CT molecular complexity index is 603. The molecule has 0 fully saturated rings. The fraction of sp³-hybridized carbons (Fsp3) is 0.333. The number of carbonyl (C=O) groups is 1. The smallest absolute Gasteiger partial charge is 0.251 e. The van der Waals surface area contributed by atoms with Gasteiger partial charge in [0.05, 0.1) is 32.5 Å². The van der Waals surface area contributed by atoms with Crippen molar-refractivity contribution in [2.24, 2.45) is 0 Å². The van der Waals surface area contributed by atoms with Crippen molar-refractivity contribution >= 4 is 17.2 Å². The van der Waals surface area contributed by atoms with Gasteiger partial charge in [0.2, 0.25) is 5.75 Å². The van der Waals surface area contributed by atoms with Gasteiger partial charge >= 0.3 is 0 Å². The van der Waals surface area contributed by atoms with Crippen molar-refractivity contribution in [3.05, 3.63) is 34.3 Å². The standard InChI is InChI=1S/C15H18N2O4S/c1-19-12-6-10(7-13(20-2)14(12)21-3)15(18)16-5-4-11-8-22-9-17-11/h6-9H,4-5H2,1-3H3,(H,16,18). The molecule has 22 heavy (non-hydrogen) atoms. The Labute approximate surface area is 133 Å². The Morgan fingerprint density at radius 1 is 1.18 bits per heavy atom. The van der Waals surface area contributed by atoms with Crippen LogP contribution < -0.4 is 19.5 Å². The van der Waals surface area contributed by atoms with Crippen LogP contribution in [0.25, 0.3) is 0 Å². The minimum absolute atomic E-state index is 0.200. The first-order valence-electron chi connectivity index (χ1n) is 6.64. The Kier molecular flexibility index (Phi) is 5.60. The highest BCUT2D eigenvalue weighted by molar-refractivity contribution is 7.07. The molecule has 0 unspecified atom stereocenters. The third kappa shape index (κ3) is 3.67. The van der Waals surface area contributed by atoms with Gasteiger partial charge in [-0.1, -0.05) is 0 Å². The van der Waals surface area contributed by atoms with E-state index in [-0.39, 0.29) is 5.91 Å². The topological polar surface area (TPSA) is 69.7 Å². The maximum Gasteiger partial charge on any atom is 0.251 e. The summed E-state index contributed by atoms with van der Waals surface area (Å²) in [5, 5.41) is 4.81. The molecule has 0 bridgehead atoms. The minimum Gasteiger partial charge on any atom is -0.493 e. The summed E-state index contributed by atoms with van der Waals surface area (Å²) in [5.41, 5.74) is 3.19. The molecule has 0 saturated heterocycles. The van der Waals surface area contributed by atoms with Gasteiger partial charge in [-0.25, -0.2) is 4.98 Å². The number of benzene rings is 1. The molecule has 0 aliphatic carbocycles. The van der Waals surface area contributed by atoms with E-state index < -0.39 is 0 Å². The van der Waals surface area contributed by atoms with Crippen LogP contribution in [-0.2, 0) is 6.42 Å². The lowest BCUT2D eigenvalue weighted by Gasteiger charge is -2.14. The number of ether oxygens (including phenoxy) is 3. The number of methoxy groups -OCH3 is 3.